The Bertz CT molecular complexity index is 922. The molecule has 2 heterocycles. The second-order valence-electron chi connectivity index (χ2n) is 6.68. The number of urea groups is 1. The van der Waals surface area contributed by atoms with E-state index < -0.39 is 28.9 Å². The first-order valence-corrected chi connectivity index (χ1v) is 9.30. The van der Waals surface area contributed by atoms with Crippen LogP contribution in [0.4, 0.5) is 23.7 Å². The Morgan fingerprint density at radius 3 is 2.36 bits per heavy atom. The smallest absolute Gasteiger partial charge is 0.325 e. The highest BCUT2D eigenvalue weighted by molar-refractivity contribution is 8.00. The van der Waals surface area contributed by atoms with E-state index >= 15 is 0 Å². The monoisotopic (exact) mass is 429 g/mol. The van der Waals surface area contributed by atoms with Crippen LogP contribution in [0.25, 0.3) is 0 Å². The van der Waals surface area contributed by atoms with Crippen LogP contribution in [0.3, 0.4) is 0 Å². The number of alkyl halides is 3. The molecule has 0 saturated carbocycles. The summed E-state index contributed by atoms with van der Waals surface area (Å²) in [6, 6.07) is 5.56. The van der Waals surface area contributed by atoms with Crippen LogP contribution in [-0.2, 0) is 10.2 Å². The quantitative estimate of drug-likeness (QED) is 0.562. The molecule has 1 N–H and O–H groups in total. The second-order valence-corrected chi connectivity index (χ2v) is 8.19. The Labute approximate surface area is 168 Å². The van der Waals surface area contributed by atoms with E-state index in [2.05, 4.69) is 10.3 Å². The summed E-state index contributed by atoms with van der Waals surface area (Å²) in [5.74, 6) is -0.515. The van der Waals surface area contributed by atoms with Gasteiger partial charge in [-0.25, -0.2) is 9.69 Å². The lowest BCUT2D eigenvalue weighted by atomic mass is 9.78. The molecule has 1 atom stereocenters. The maximum Gasteiger partial charge on any atom is 0.446 e. The van der Waals surface area contributed by atoms with E-state index in [1.165, 1.54) is 12.1 Å². The third-order valence-corrected chi connectivity index (χ3v) is 5.72. The Balaban J connectivity index is 1.89. The van der Waals surface area contributed by atoms with Gasteiger partial charge in [-0.15, -0.1) is 0 Å². The van der Waals surface area contributed by atoms with Gasteiger partial charge in [-0.05, 0) is 47.7 Å². The summed E-state index contributed by atoms with van der Waals surface area (Å²) in [5, 5.41) is 2.46. The number of pyridine rings is 1. The number of hydrogen-bond donors (Lipinski definition) is 1. The van der Waals surface area contributed by atoms with Gasteiger partial charge in [-0.1, -0.05) is 25.4 Å². The zero-order chi connectivity index (χ0) is 20.7. The molecule has 2 aromatic rings. The van der Waals surface area contributed by atoms with Crippen LogP contribution in [-0.4, -0.2) is 28.5 Å². The van der Waals surface area contributed by atoms with Crippen molar-refractivity contribution in [1.82, 2.24) is 10.3 Å². The minimum atomic E-state index is -4.49. The van der Waals surface area contributed by atoms with Crippen LogP contribution < -0.4 is 10.2 Å². The minimum absolute atomic E-state index is 0.104. The molecule has 1 aromatic heterocycles. The Kier molecular flexibility index (Phi) is 5.33. The largest absolute Gasteiger partial charge is 0.446 e. The van der Waals surface area contributed by atoms with Crippen LogP contribution in [0.2, 0.25) is 5.02 Å². The molecule has 0 spiro atoms. The van der Waals surface area contributed by atoms with Crippen LogP contribution >= 0.6 is 23.4 Å². The predicted molar refractivity (Wildman–Crippen MR) is 100 cm³/mol. The summed E-state index contributed by atoms with van der Waals surface area (Å²) in [4.78, 5) is 30.0. The van der Waals surface area contributed by atoms with Gasteiger partial charge >= 0.3 is 11.5 Å². The number of nitrogens with one attached hydrogen (secondary N) is 1. The maximum absolute atomic E-state index is 13.0. The number of halogens is 4. The molecule has 5 nitrogen and oxygen atoms in total. The molecule has 1 unspecified atom stereocenters. The number of carbonyl (C=O) groups is 2. The van der Waals surface area contributed by atoms with Gasteiger partial charge in [-0.3, -0.25) is 9.78 Å². The Morgan fingerprint density at radius 1 is 1.14 bits per heavy atom. The van der Waals surface area contributed by atoms with Crippen molar-refractivity contribution in [1.29, 1.82) is 0 Å². The number of hydrogen-bond acceptors (Lipinski definition) is 4. The molecule has 0 radical (unpaired) electrons. The van der Waals surface area contributed by atoms with E-state index in [1.54, 1.807) is 24.5 Å². The molecule has 1 fully saturated rings. The molecule has 1 aliphatic rings. The molecule has 3 rings (SSSR count). The van der Waals surface area contributed by atoms with Crippen molar-refractivity contribution in [3.8, 4) is 0 Å². The average molecular weight is 430 g/mol. The first kappa shape index (κ1) is 20.5. The third-order valence-electron chi connectivity index (χ3n) is 4.48. The number of anilines is 1. The maximum atomic E-state index is 13.0. The van der Waals surface area contributed by atoms with Crippen molar-refractivity contribution in [3.63, 3.8) is 0 Å². The summed E-state index contributed by atoms with van der Waals surface area (Å²) >= 11 is 5.57. The van der Waals surface area contributed by atoms with E-state index in [9.17, 15) is 22.8 Å². The van der Waals surface area contributed by atoms with Gasteiger partial charge in [-0.2, -0.15) is 13.2 Å². The SMILES string of the molecule is CC(C)(c1ccncc1)C1NC(=O)N(c2ccc(SC(F)(F)F)c(Cl)c2)C1=O. The van der Waals surface area contributed by atoms with E-state index in [-0.39, 0.29) is 27.4 Å². The van der Waals surface area contributed by atoms with Gasteiger partial charge in [0.15, 0.2) is 0 Å². The summed E-state index contributed by atoms with van der Waals surface area (Å²) in [6.07, 6.45) is 3.18. The van der Waals surface area contributed by atoms with Gasteiger partial charge in [0, 0.05) is 22.7 Å². The van der Waals surface area contributed by atoms with Gasteiger partial charge < -0.3 is 5.32 Å². The summed E-state index contributed by atoms with van der Waals surface area (Å²) in [7, 11) is 0. The normalized spacial score (nSPS) is 17.8. The second kappa shape index (κ2) is 7.29. The lowest BCUT2D eigenvalue weighted by Gasteiger charge is -2.30. The molecule has 1 aromatic carbocycles. The number of amides is 3. The van der Waals surface area contributed by atoms with E-state index in [1.807, 2.05) is 13.8 Å². The molecule has 148 valence electrons. The van der Waals surface area contributed by atoms with Crippen molar-refractivity contribution < 1.29 is 22.8 Å². The summed E-state index contributed by atoms with van der Waals surface area (Å²) in [6.45, 7) is 3.62. The van der Waals surface area contributed by atoms with E-state index in [4.69, 9.17) is 11.6 Å². The van der Waals surface area contributed by atoms with Crippen molar-refractivity contribution >= 4 is 41.0 Å². The van der Waals surface area contributed by atoms with E-state index in [0.717, 1.165) is 16.5 Å². The molecule has 1 saturated heterocycles. The minimum Gasteiger partial charge on any atom is -0.325 e. The number of aromatic nitrogens is 1. The fourth-order valence-corrected chi connectivity index (χ4v) is 3.83. The molecule has 0 bridgehead atoms. The first-order chi connectivity index (χ1) is 13.0. The fourth-order valence-electron chi connectivity index (χ4n) is 3.00. The number of thioether (sulfide) groups is 1. The van der Waals surface area contributed by atoms with Crippen LogP contribution in [0.15, 0.2) is 47.6 Å². The number of nitrogens with zero attached hydrogens (tertiary/aromatic N) is 2. The number of benzene rings is 1. The molecule has 1 aliphatic heterocycles. The Morgan fingerprint density at radius 2 is 1.79 bits per heavy atom. The summed E-state index contributed by atoms with van der Waals surface area (Å²) < 4.78 is 37.7. The Hall–Kier alpha value is -2.26. The van der Waals surface area contributed by atoms with Crippen LogP contribution in [0.1, 0.15) is 19.4 Å². The number of rotatable bonds is 4. The van der Waals surface area contributed by atoms with Crippen molar-refractivity contribution in [2.45, 2.75) is 35.7 Å². The van der Waals surface area contributed by atoms with Gasteiger partial charge in [0.1, 0.15) is 6.04 Å². The fraction of sp³-hybridized carbons (Fsp3) is 0.278. The molecule has 10 heteroatoms. The van der Waals surface area contributed by atoms with Gasteiger partial charge in [0.25, 0.3) is 5.91 Å². The van der Waals surface area contributed by atoms with Crippen LogP contribution in [0.5, 0.6) is 0 Å². The van der Waals surface area contributed by atoms with Crippen molar-refractivity contribution in [2.75, 3.05) is 4.90 Å². The molecule has 0 aliphatic carbocycles. The third kappa shape index (κ3) is 3.95. The predicted octanol–water partition coefficient (Wildman–Crippen LogP) is 4.75. The molecular weight excluding hydrogens is 415 g/mol. The average Bonchev–Trinajstić information content (AvgIpc) is 2.92. The zero-order valence-corrected chi connectivity index (χ0v) is 16.3. The van der Waals surface area contributed by atoms with Crippen molar-refractivity contribution in [3.05, 3.63) is 53.3 Å². The molecule has 3 amide bonds. The highest BCUT2D eigenvalue weighted by atomic mass is 35.5. The van der Waals surface area contributed by atoms with Crippen molar-refractivity contribution in [2.24, 2.45) is 0 Å². The summed E-state index contributed by atoms with van der Waals surface area (Å²) in [5.41, 5.74) is -4.32. The lowest BCUT2D eigenvalue weighted by Crippen LogP contribution is -2.46. The zero-order valence-electron chi connectivity index (χ0n) is 14.7. The lowest BCUT2D eigenvalue weighted by molar-refractivity contribution is -0.119. The topological polar surface area (TPSA) is 62.3 Å². The van der Waals surface area contributed by atoms with Crippen LogP contribution in [0, 0.1) is 0 Å². The molecular formula is C18H15ClF3N3O2S. The molecule has 28 heavy (non-hydrogen) atoms. The highest BCUT2D eigenvalue weighted by Crippen LogP contribution is 2.42. The standard InChI is InChI=1S/C18H15ClF3N3O2S/c1-17(2,10-5-7-23-8-6-10)14-15(26)25(16(27)24-14)11-3-4-13(12(19)9-11)28-18(20,21)22/h3-9,14H,1-2H3,(H,24,27). The van der Waals surface area contributed by atoms with Gasteiger partial charge in [0.2, 0.25) is 0 Å². The first-order valence-electron chi connectivity index (χ1n) is 8.11. The number of imide groups is 1. The van der Waals surface area contributed by atoms with Gasteiger partial charge in [0.05, 0.1) is 10.7 Å². The highest BCUT2D eigenvalue weighted by Gasteiger charge is 2.48. The number of carbonyl (C=O) groups excluding carboxylic acids is 2. The van der Waals surface area contributed by atoms with E-state index in [0.29, 0.717) is 0 Å².